The number of rotatable bonds is 5. The van der Waals surface area contributed by atoms with Gasteiger partial charge >= 0.3 is 0 Å². The summed E-state index contributed by atoms with van der Waals surface area (Å²) in [4.78, 5) is 13.0. The summed E-state index contributed by atoms with van der Waals surface area (Å²) < 4.78 is 28.3. The van der Waals surface area contributed by atoms with Gasteiger partial charge in [0.15, 0.2) is 0 Å². The fraction of sp³-hybridized carbons (Fsp3) is 0.350. The first kappa shape index (κ1) is 20.0. The highest BCUT2D eigenvalue weighted by atomic mass is 79.9. The molecule has 1 aliphatic rings. The number of carbonyl (C=O) groups excluding carboxylic acids is 1. The molecule has 0 bridgehead atoms. The predicted octanol–water partition coefficient (Wildman–Crippen LogP) is 4.19. The van der Waals surface area contributed by atoms with Crippen molar-refractivity contribution >= 4 is 37.5 Å². The van der Waals surface area contributed by atoms with Gasteiger partial charge in [0, 0.05) is 16.7 Å². The van der Waals surface area contributed by atoms with Crippen LogP contribution in [0.1, 0.15) is 31.7 Å². The highest BCUT2D eigenvalue weighted by molar-refractivity contribution is 9.10. The Bertz CT molecular complexity index is 896. The minimum Gasteiger partial charge on any atom is -0.325 e. The normalized spacial score (nSPS) is 18.2. The Balaban J connectivity index is 1.81. The van der Waals surface area contributed by atoms with Crippen molar-refractivity contribution in [2.24, 2.45) is 0 Å². The maximum Gasteiger partial charge on any atom is 0.243 e. The molecule has 1 N–H and O–H groups in total. The summed E-state index contributed by atoms with van der Waals surface area (Å²) in [5, 5.41) is 2.87. The third-order valence-corrected chi connectivity index (χ3v) is 7.26. The van der Waals surface area contributed by atoms with Gasteiger partial charge in [-0.25, -0.2) is 8.42 Å². The molecule has 0 radical (unpaired) electrons. The highest BCUT2D eigenvalue weighted by Crippen LogP contribution is 2.27. The lowest BCUT2D eigenvalue weighted by Crippen LogP contribution is -2.49. The standard InChI is InChI=1S/C20H23BrN2O3S/c1-2-15-6-10-17(11-7-15)22-20(24)19-5-3-4-14-23(19)27(25,26)18-12-8-16(21)9-13-18/h6-13,19H,2-5,14H2,1H3,(H,22,24)/t19-/m1/s1. The maximum atomic E-state index is 13.1. The van der Waals surface area contributed by atoms with E-state index in [1.165, 1.54) is 9.87 Å². The van der Waals surface area contributed by atoms with Gasteiger partial charge in [-0.05, 0) is 61.2 Å². The first-order valence-electron chi connectivity index (χ1n) is 9.09. The van der Waals surface area contributed by atoms with Crippen molar-refractivity contribution < 1.29 is 13.2 Å². The molecule has 27 heavy (non-hydrogen) atoms. The third kappa shape index (κ3) is 4.59. The summed E-state index contributed by atoms with van der Waals surface area (Å²) in [6.07, 6.45) is 3.04. The topological polar surface area (TPSA) is 66.5 Å². The van der Waals surface area contributed by atoms with E-state index in [0.717, 1.165) is 23.7 Å². The molecule has 3 rings (SSSR count). The number of halogens is 1. The minimum absolute atomic E-state index is 0.206. The molecule has 0 aromatic heterocycles. The van der Waals surface area contributed by atoms with Gasteiger partial charge in [-0.2, -0.15) is 4.31 Å². The largest absolute Gasteiger partial charge is 0.325 e. The summed E-state index contributed by atoms with van der Waals surface area (Å²) in [6.45, 7) is 2.42. The first-order chi connectivity index (χ1) is 12.9. The molecule has 1 saturated heterocycles. The van der Waals surface area contributed by atoms with Gasteiger partial charge in [0.25, 0.3) is 0 Å². The molecule has 7 heteroatoms. The van der Waals surface area contributed by atoms with E-state index in [1.807, 2.05) is 24.3 Å². The molecular formula is C20H23BrN2O3S. The fourth-order valence-electron chi connectivity index (χ4n) is 3.25. The van der Waals surface area contributed by atoms with Crippen LogP contribution in [0.4, 0.5) is 5.69 Å². The van der Waals surface area contributed by atoms with Gasteiger partial charge in [-0.1, -0.05) is 41.4 Å². The van der Waals surface area contributed by atoms with Crippen LogP contribution in [0, 0.1) is 0 Å². The number of sulfonamides is 1. The van der Waals surface area contributed by atoms with Crippen LogP contribution < -0.4 is 5.32 Å². The Morgan fingerprint density at radius 3 is 2.41 bits per heavy atom. The van der Waals surface area contributed by atoms with E-state index in [-0.39, 0.29) is 10.8 Å². The van der Waals surface area contributed by atoms with Gasteiger partial charge in [0.05, 0.1) is 4.90 Å². The zero-order valence-corrected chi connectivity index (χ0v) is 17.6. The van der Waals surface area contributed by atoms with Crippen molar-refractivity contribution in [1.29, 1.82) is 0 Å². The van der Waals surface area contributed by atoms with Crippen LogP contribution in [-0.2, 0) is 21.2 Å². The molecule has 1 fully saturated rings. The molecule has 1 amide bonds. The van der Waals surface area contributed by atoms with Gasteiger partial charge in [0.2, 0.25) is 15.9 Å². The summed E-state index contributed by atoms with van der Waals surface area (Å²) in [6, 6.07) is 13.5. The Morgan fingerprint density at radius 1 is 1.11 bits per heavy atom. The van der Waals surface area contributed by atoms with Crippen molar-refractivity contribution in [1.82, 2.24) is 4.31 Å². The molecule has 5 nitrogen and oxygen atoms in total. The number of nitrogens with one attached hydrogen (secondary N) is 1. The number of piperidine rings is 1. The van der Waals surface area contributed by atoms with E-state index in [4.69, 9.17) is 0 Å². The number of hydrogen-bond acceptors (Lipinski definition) is 3. The summed E-state index contributed by atoms with van der Waals surface area (Å²) >= 11 is 3.32. The SMILES string of the molecule is CCc1ccc(NC(=O)[C@H]2CCCCN2S(=O)(=O)c2ccc(Br)cc2)cc1. The van der Waals surface area contributed by atoms with Crippen molar-refractivity contribution in [3.05, 3.63) is 58.6 Å². The molecule has 144 valence electrons. The Labute approximate surface area is 169 Å². The molecule has 2 aromatic rings. The van der Waals surface area contributed by atoms with Gasteiger partial charge in [-0.3, -0.25) is 4.79 Å². The number of aryl methyl sites for hydroxylation is 1. The maximum absolute atomic E-state index is 13.1. The fourth-order valence-corrected chi connectivity index (χ4v) is 5.17. The number of anilines is 1. The molecule has 0 saturated carbocycles. The van der Waals surface area contributed by atoms with E-state index in [9.17, 15) is 13.2 Å². The smallest absolute Gasteiger partial charge is 0.243 e. The molecule has 2 aromatic carbocycles. The molecular weight excluding hydrogens is 428 g/mol. The molecule has 0 unspecified atom stereocenters. The number of nitrogens with zero attached hydrogens (tertiary/aromatic N) is 1. The molecule has 1 atom stereocenters. The first-order valence-corrected chi connectivity index (χ1v) is 11.3. The van der Waals surface area contributed by atoms with Crippen molar-refractivity contribution in [3.63, 3.8) is 0 Å². The predicted molar refractivity (Wildman–Crippen MR) is 110 cm³/mol. The summed E-state index contributed by atoms with van der Waals surface area (Å²) in [7, 11) is -3.72. The molecule has 0 aliphatic carbocycles. The highest BCUT2D eigenvalue weighted by Gasteiger charge is 2.37. The third-order valence-electron chi connectivity index (χ3n) is 4.81. The Kier molecular flexibility index (Phi) is 6.34. The Hall–Kier alpha value is -1.70. The van der Waals surface area contributed by atoms with Crippen LogP contribution in [0.3, 0.4) is 0 Å². The number of amides is 1. The summed E-state index contributed by atoms with van der Waals surface area (Å²) in [5.74, 6) is -0.278. The number of hydrogen-bond donors (Lipinski definition) is 1. The van der Waals surface area contributed by atoms with Crippen LogP contribution in [-0.4, -0.2) is 31.2 Å². The molecule has 0 spiro atoms. The monoisotopic (exact) mass is 450 g/mol. The number of benzene rings is 2. The van der Waals surface area contributed by atoms with E-state index in [0.29, 0.717) is 18.7 Å². The van der Waals surface area contributed by atoms with Crippen LogP contribution in [0.15, 0.2) is 57.9 Å². The van der Waals surface area contributed by atoms with Crippen LogP contribution >= 0.6 is 15.9 Å². The zero-order chi connectivity index (χ0) is 19.4. The second-order valence-electron chi connectivity index (χ2n) is 6.62. The van der Waals surface area contributed by atoms with E-state index in [2.05, 4.69) is 28.2 Å². The van der Waals surface area contributed by atoms with Crippen molar-refractivity contribution in [2.75, 3.05) is 11.9 Å². The average Bonchev–Trinajstić information content (AvgIpc) is 2.69. The lowest BCUT2D eigenvalue weighted by Gasteiger charge is -2.33. The van der Waals surface area contributed by atoms with Gasteiger partial charge in [-0.15, -0.1) is 0 Å². The number of carbonyl (C=O) groups is 1. The van der Waals surface area contributed by atoms with E-state index >= 15 is 0 Å². The lowest BCUT2D eigenvalue weighted by atomic mass is 10.0. The average molecular weight is 451 g/mol. The molecule has 1 heterocycles. The van der Waals surface area contributed by atoms with Crippen LogP contribution in [0.25, 0.3) is 0 Å². The van der Waals surface area contributed by atoms with Gasteiger partial charge in [0.1, 0.15) is 6.04 Å². The van der Waals surface area contributed by atoms with Crippen LogP contribution in [0.5, 0.6) is 0 Å². The quantitative estimate of drug-likeness (QED) is 0.742. The molecule has 1 aliphatic heterocycles. The second kappa shape index (κ2) is 8.54. The van der Waals surface area contributed by atoms with Crippen molar-refractivity contribution in [3.8, 4) is 0 Å². The zero-order valence-electron chi connectivity index (χ0n) is 15.2. The van der Waals surface area contributed by atoms with E-state index in [1.54, 1.807) is 24.3 Å². The summed E-state index contributed by atoms with van der Waals surface area (Å²) in [5.41, 5.74) is 1.87. The van der Waals surface area contributed by atoms with Crippen LogP contribution in [0.2, 0.25) is 0 Å². The Morgan fingerprint density at radius 2 is 1.78 bits per heavy atom. The lowest BCUT2D eigenvalue weighted by molar-refractivity contribution is -0.120. The minimum atomic E-state index is -3.72. The van der Waals surface area contributed by atoms with Gasteiger partial charge < -0.3 is 5.32 Å². The van der Waals surface area contributed by atoms with E-state index < -0.39 is 16.1 Å². The van der Waals surface area contributed by atoms with Crippen molar-refractivity contribution in [2.45, 2.75) is 43.5 Å². The second-order valence-corrected chi connectivity index (χ2v) is 9.43.